The molecule has 0 heterocycles. The maximum Gasteiger partial charge on any atom is 0.179 e. The normalized spacial score (nSPS) is 11.2. The third kappa shape index (κ3) is 2.85. The predicted octanol–water partition coefficient (Wildman–Crippen LogP) is 0.988. The highest BCUT2D eigenvalue weighted by Crippen LogP contribution is 1.85. The Morgan fingerprint density at radius 2 is 2.22 bits per heavy atom. The van der Waals surface area contributed by atoms with E-state index in [1.54, 1.807) is 13.8 Å². The van der Waals surface area contributed by atoms with Gasteiger partial charge in [0.2, 0.25) is 0 Å². The van der Waals surface area contributed by atoms with Gasteiger partial charge in [-0.15, -0.1) is 0 Å². The lowest BCUT2D eigenvalue weighted by Crippen LogP contribution is -2.07. The van der Waals surface area contributed by atoms with Gasteiger partial charge in [0.1, 0.15) is 12.8 Å². The lowest BCUT2D eigenvalue weighted by Gasteiger charge is -1.92. The first-order valence-corrected chi connectivity index (χ1v) is 2.83. The van der Waals surface area contributed by atoms with Gasteiger partial charge in [-0.05, 0) is 6.92 Å². The number of oxime groups is 1. The van der Waals surface area contributed by atoms with E-state index in [0.717, 1.165) is 0 Å². The minimum atomic E-state index is 0.0249. The van der Waals surface area contributed by atoms with Crippen LogP contribution in [0.2, 0.25) is 0 Å². The second-order valence-electron chi connectivity index (χ2n) is 1.64. The van der Waals surface area contributed by atoms with Crippen LogP contribution in [-0.4, -0.2) is 18.6 Å². The molecule has 0 rings (SSSR count). The van der Waals surface area contributed by atoms with Crippen LogP contribution in [0.3, 0.4) is 0 Å². The highest BCUT2D eigenvalue weighted by molar-refractivity contribution is 6.38. The molecular weight excluding hydrogens is 118 g/mol. The number of carbonyl (C=O) groups is 1. The molecule has 0 radical (unpaired) electrons. The summed E-state index contributed by atoms with van der Waals surface area (Å²) >= 11 is 0. The van der Waals surface area contributed by atoms with Crippen molar-refractivity contribution in [2.24, 2.45) is 5.16 Å². The van der Waals surface area contributed by atoms with Crippen molar-refractivity contribution in [2.45, 2.75) is 20.3 Å². The van der Waals surface area contributed by atoms with Gasteiger partial charge in [-0.2, -0.15) is 0 Å². The molecular formula is C6H11NO2. The van der Waals surface area contributed by atoms with Gasteiger partial charge >= 0.3 is 0 Å². The number of carbonyl (C=O) groups excluding carboxylic acids is 1. The van der Waals surface area contributed by atoms with Crippen LogP contribution in [0.1, 0.15) is 20.3 Å². The van der Waals surface area contributed by atoms with E-state index in [1.165, 1.54) is 7.11 Å². The maximum absolute atomic E-state index is 10.7. The fourth-order valence-corrected chi connectivity index (χ4v) is 0.444. The lowest BCUT2D eigenvalue weighted by molar-refractivity contribution is -0.112. The number of hydrogen-bond donors (Lipinski definition) is 0. The second kappa shape index (κ2) is 4.06. The van der Waals surface area contributed by atoms with Crippen LogP contribution in [0.25, 0.3) is 0 Å². The van der Waals surface area contributed by atoms with Gasteiger partial charge in [0.15, 0.2) is 5.78 Å². The molecule has 52 valence electrons. The lowest BCUT2D eigenvalue weighted by atomic mass is 10.2. The SMILES string of the molecule is CCC(=O)C(C)=NOC. The van der Waals surface area contributed by atoms with Crippen molar-refractivity contribution >= 4 is 11.5 Å². The van der Waals surface area contributed by atoms with E-state index in [-0.39, 0.29) is 5.78 Å². The Morgan fingerprint density at radius 1 is 1.67 bits per heavy atom. The Hall–Kier alpha value is -0.860. The second-order valence-corrected chi connectivity index (χ2v) is 1.64. The zero-order chi connectivity index (χ0) is 7.28. The number of ketones is 1. The molecule has 0 N–H and O–H groups in total. The van der Waals surface area contributed by atoms with Crippen LogP contribution in [-0.2, 0) is 9.63 Å². The van der Waals surface area contributed by atoms with E-state index < -0.39 is 0 Å². The van der Waals surface area contributed by atoms with Gasteiger partial charge < -0.3 is 4.84 Å². The first-order chi connectivity index (χ1) is 4.22. The van der Waals surface area contributed by atoms with E-state index in [1.807, 2.05) is 0 Å². The highest BCUT2D eigenvalue weighted by atomic mass is 16.6. The highest BCUT2D eigenvalue weighted by Gasteiger charge is 2.00. The molecule has 0 aromatic carbocycles. The quantitative estimate of drug-likeness (QED) is 0.421. The van der Waals surface area contributed by atoms with Crippen molar-refractivity contribution < 1.29 is 9.63 Å². The van der Waals surface area contributed by atoms with Crippen molar-refractivity contribution in [3.05, 3.63) is 0 Å². The molecule has 0 atom stereocenters. The number of nitrogens with zero attached hydrogens (tertiary/aromatic N) is 1. The summed E-state index contributed by atoms with van der Waals surface area (Å²) in [7, 11) is 1.42. The summed E-state index contributed by atoms with van der Waals surface area (Å²) in [5.41, 5.74) is 0.431. The van der Waals surface area contributed by atoms with Crippen LogP contribution in [0.4, 0.5) is 0 Å². The summed E-state index contributed by atoms with van der Waals surface area (Å²) in [5, 5.41) is 3.46. The van der Waals surface area contributed by atoms with Crippen LogP contribution in [0, 0.1) is 0 Å². The summed E-state index contributed by atoms with van der Waals surface area (Å²) in [5.74, 6) is 0.0249. The zero-order valence-electron chi connectivity index (χ0n) is 5.97. The first kappa shape index (κ1) is 8.14. The molecule has 9 heavy (non-hydrogen) atoms. The van der Waals surface area contributed by atoms with Gasteiger partial charge in [0.05, 0.1) is 0 Å². The molecule has 3 heteroatoms. The van der Waals surface area contributed by atoms with E-state index in [4.69, 9.17) is 0 Å². The van der Waals surface area contributed by atoms with Crippen LogP contribution >= 0.6 is 0 Å². The third-order valence-corrected chi connectivity index (χ3v) is 0.953. The summed E-state index contributed by atoms with van der Waals surface area (Å²) in [6.07, 6.45) is 0.485. The topological polar surface area (TPSA) is 38.7 Å². The van der Waals surface area contributed by atoms with Gasteiger partial charge in [-0.1, -0.05) is 12.1 Å². The molecule has 0 aromatic heterocycles. The Bertz CT molecular complexity index is 129. The fraction of sp³-hybridized carbons (Fsp3) is 0.667. The molecule has 0 aromatic rings. The molecule has 0 aliphatic carbocycles. The van der Waals surface area contributed by atoms with Crippen LogP contribution in [0.5, 0.6) is 0 Å². The number of hydrogen-bond acceptors (Lipinski definition) is 3. The van der Waals surface area contributed by atoms with E-state index in [0.29, 0.717) is 12.1 Å². The van der Waals surface area contributed by atoms with Gasteiger partial charge in [0.25, 0.3) is 0 Å². The minimum Gasteiger partial charge on any atom is -0.399 e. The third-order valence-electron chi connectivity index (χ3n) is 0.953. The maximum atomic E-state index is 10.7. The number of rotatable bonds is 3. The Labute approximate surface area is 54.7 Å². The molecule has 0 saturated carbocycles. The van der Waals surface area contributed by atoms with Gasteiger partial charge in [-0.25, -0.2) is 0 Å². The van der Waals surface area contributed by atoms with Crippen molar-refractivity contribution in [3.63, 3.8) is 0 Å². The standard InChI is InChI=1S/C6H11NO2/c1-4-6(8)5(2)7-9-3/h4H2,1-3H3. The summed E-state index contributed by atoms with van der Waals surface area (Å²) in [4.78, 5) is 15.1. The van der Waals surface area contributed by atoms with Crippen molar-refractivity contribution in [1.29, 1.82) is 0 Å². The Kier molecular flexibility index (Phi) is 3.67. The Balaban J connectivity index is 3.86. The molecule has 0 unspecified atom stereocenters. The monoisotopic (exact) mass is 129 g/mol. The van der Waals surface area contributed by atoms with E-state index in [9.17, 15) is 4.79 Å². The smallest absolute Gasteiger partial charge is 0.179 e. The summed E-state index contributed by atoms with van der Waals surface area (Å²) in [6, 6.07) is 0. The summed E-state index contributed by atoms with van der Waals surface area (Å²) in [6.45, 7) is 3.42. The first-order valence-electron chi connectivity index (χ1n) is 2.83. The zero-order valence-corrected chi connectivity index (χ0v) is 5.97. The predicted molar refractivity (Wildman–Crippen MR) is 35.4 cm³/mol. The van der Waals surface area contributed by atoms with E-state index in [2.05, 4.69) is 9.99 Å². The van der Waals surface area contributed by atoms with E-state index >= 15 is 0 Å². The van der Waals surface area contributed by atoms with Crippen LogP contribution in [0.15, 0.2) is 5.16 Å². The van der Waals surface area contributed by atoms with Crippen molar-refractivity contribution in [1.82, 2.24) is 0 Å². The fourth-order valence-electron chi connectivity index (χ4n) is 0.444. The minimum absolute atomic E-state index is 0.0249. The Morgan fingerprint density at radius 3 is 2.56 bits per heavy atom. The van der Waals surface area contributed by atoms with Gasteiger partial charge in [-0.3, -0.25) is 4.79 Å². The molecule has 0 aliphatic heterocycles. The van der Waals surface area contributed by atoms with Gasteiger partial charge in [0, 0.05) is 6.42 Å². The molecule has 0 fully saturated rings. The summed E-state index contributed by atoms with van der Waals surface area (Å²) < 4.78 is 0. The molecule has 0 saturated heterocycles. The largest absolute Gasteiger partial charge is 0.399 e. The average molecular weight is 129 g/mol. The molecule has 0 spiro atoms. The van der Waals surface area contributed by atoms with Crippen molar-refractivity contribution in [3.8, 4) is 0 Å². The van der Waals surface area contributed by atoms with Crippen LogP contribution < -0.4 is 0 Å². The molecule has 0 amide bonds. The number of Topliss-reactive ketones (excluding diaryl/α,β-unsaturated/α-hetero) is 1. The van der Waals surface area contributed by atoms with Crippen molar-refractivity contribution in [2.75, 3.05) is 7.11 Å². The molecule has 0 aliphatic rings. The molecule has 3 nitrogen and oxygen atoms in total. The average Bonchev–Trinajstić information content (AvgIpc) is 1.87. The molecule has 0 bridgehead atoms.